The number of hydrogen-bond donors (Lipinski definition) is 1. The lowest BCUT2D eigenvalue weighted by Gasteiger charge is -2.36. The van der Waals surface area contributed by atoms with Crippen molar-refractivity contribution in [2.24, 2.45) is 4.99 Å². The molecule has 1 unspecified atom stereocenters. The summed E-state index contributed by atoms with van der Waals surface area (Å²) in [6.07, 6.45) is -7.95. The molecule has 0 aliphatic carbocycles. The van der Waals surface area contributed by atoms with Crippen LogP contribution in [-0.2, 0) is 15.7 Å². The molecule has 2 heterocycles. The molecular weight excluding hydrogens is 520 g/mol. The molecule has 1 aromatic heterocycles. The molecule has 1 atom stereocenters. The number of aromatic amines is 1. The van der Waals surface area contributed by atoms with Crippen LogP contribution in [0.4, 0.5) is 26.3 Å². The minimum Gasteiger partial charge on any atom is -0.372 e. The van der Waals surface area contributed by atoms with Crippen molar-refractivity contribution in [2.75, 3.05) is 32.8 Å². The van der Waals surface area contributed by atoms with E-state index < -0.39 is 35.2 Å². The molecule has 14 heteroatoms. The van der Waals surface area contributed by atoms with Gasteiger partial charge in [-0.1, -0.05) is 13.0 Å². The van der Waals surface area contributed by atoms with Gasteiger partial charge >= 0.3 is 12.4 Å². The third-order valence-electron chi connectivity index (χ3n) is 6.04. The van der Waals surface area contributed by atoms with Gasteiger partial charge in [-0.25, -0.2) is 10.1 Å². The summed E-state index contributed by atoms with van der Waals surface area (Å²) in [6, 6.07) is 0.615. The van der Waals surface area contributed by atoms with E-state index in [0.717, 1.165) is 17.9 Å². The van der Waals surface area contributed by atoms with Crippen LogP contribution in [0.5, 0.6) is 0 Å². The third-order valence-corrected chi connectivity index (χ3v) is 6.04. The summed E-state index contributed by atoms with van der Waals surface area (Å²) in [7, 11) is 0. The molecule has 1 N–H and O–H groups in total. The van der Waals surface area contributed by atoms with Crippen molar-refractivity contribution in [3.05, 3.63) is 50.7 Å². The minimum atomic E-state index is -4.84. The summed E-state index contributed by atoms with van der Waals surface area (Å²) in [4.78, 5) is 31.5. The van der Waals surface area contributed by atoms with Crippen LogP contribution in [0.2, 0.25) is 0 Å². The van der Waals surface area contributed by atoms with Gasteiger partial charge < -0.3 is 14.5 Å². The standard InChI is InChI=1S/C24H31F6N5O3/c1-5-15(3)21(31-14-17(6-2)23(25,26)27)35-10-8-34(9-11-35)20(36)7-12-38-16(4)19-13-18(24(28,29)30)22(37)33-32-19/h6,13-14,16H,5,7-12H2,1-4H3,(H,33,37)/b17-6+,21-15?,31-14-. The molecule has 0 bridgehead atoms. The van der Waals surface area contributed by atoms with Crippen molar-refractivity contribution in [3.8, 4) is 0 Å². The third kappa shape index (κ3) is 8.43. The fourth-order valence-corrected chi connectivity index (χ4v) is 3.64. The topological polar surface area (TPSA) is 90.9 Å². The zero-order valence-corrected chi connectivity index (χ0v) is 21.5. The number of H-pyrrole nitrogens is 1. The summed E-state index contributed by atoms with van der Waals surface area (Å²) >= 11 is 0. The lowest BCUT2D eigenvalue weighted by atomic mass is 10.2. The van der Waals surface area contributed by atoms with Crippen LogP contribution in [0, 0.1) is 0 Å². The lowest BCUT2D eigenvalue weighted by molar-refractivity contribution is -0.139. The van der Waals surface area contributed by atoms with E-state index >= 15 is 0 Å². The number of alkyl halides is 6. The predicted octanol–water partition coefficient (Wildman–Crippen LogP) is 4.62. The van der Waals surface area contributed by atoms with Crippen molar-refractivity contribution < 1.29 is 35.9 Å². The number of nitrogens with one attached hydrogen (secondary N) is 1. The van der Waals surface area contributed by atoms with Gasteiger partial charge in [-0.15, -0.1) is 0 Å². The van der Waals surface area contributed by atoms with Gasteiger partial charge in [0.1, 0.15) is 11.4 Å². The normalized spacial score (nSPS) is 17.2. The molecule has 1 aliphatic rings. The average Bonchev–Trinajstić information content (AvgIpc) is 2.85. The Morgan fingerprint density at radius 2 is 1.79 bits per heavy atom. The quantitative estimate of drug-likeness (QED) is 0.357. The molecule has 1 saturated heterocycles. The first-order chi connectivity index (χ1) is 17.7. The van der Waals surface area contributed by atoms with Gasteiger partial charge in [-0.2, -0.15) is 31.4 Å². The maximum Gasteiger partial charge on any atom is 0.421 e. The van der Waals surface area contributed by atoms with E-state index in [0.29, 0.717) is 44.5 Å². The minimum absolute atomic E-state index is 0.0368. The van der Waals surface area contributed by atoms with Crippen LogP contribution in [0.1, 0.15) is 57.9 Å². The van der Waals surface area contributed by atoms with Crippen molar-refractivity contribution in [2.45, 2.75) is 59.0 Å². The van der Waals surface area contributed by atoms with Crippen molar-refractivity contribution >= 4 is 12.1 Å². The second kappa shape index (κ2) is 13.1. The molecule has 212 valence electrons. The van der Waals surface area contributed by atoms with Crippen molar-refractivity contribution in [3.63, 3.8) is 0 Å². The first kappa shape index (κ1) is 31.1. The molecule has 38 heavy (non-hydrogen) atoms. The molecule has 2 rings (SSSR count). The number of ether oxygens (including phenoxy) is 1. The molecule has 1 fully saturated rings. The monoisotopic (exact) mass is 551 g/mol. The van der Waals surface area contributed by atoms with E-state index in [1.807, 2.05) is 11.8 Å². The predicted molar refractivity (Wildman–Crippen MR) is 128 cm³/mol. The number of carbonyl (C=O) groups excluding carboxylic acids is 1. The number of carbonyl (C=O) groups is 1. The second-order valence-corrected chi connectivity index (χ2v) is 8.62. The average molecular weight is 552 g/mol. The summed E-state index contributed by atoms with van der Waals surface area (Å²) in [6.45, 7) is 7.68. The number of aliphatic imine (C=N–C) groups is 1. The molecule has 0 spiro atoms. The van der Waals surface area contributed by atoms with E-state index in [2.05, 4.69) is 10.1 Å². The molecule has 1 aromatic rings. The lowest BCUT2D eigenvalue weighted by Crippen LogP contribution is -2.48. The van der Waals surface area contributed by atoms with Crippen LogP contribution in [-0.4, -0.2) is 71.1 Å². The Morgan fingerprint density at radius 1 is 1.18 bits per heavy atom. The molecule has 1 aliphatic heterocycles. The number of rotatable bonds is 9. The summed E-state index contributed by atoms with van der Waals surface area (Å²) < 4.78 is 83.5. The summed E-state index contributed by atoms with van der Waals surface area (Å²) in [5.41, 5.74) is -2.92. The SMILES string of the molecule is C/C=C(\C=N/C(=C(C)CC)N1CCN(C(=O)CCOC(C)c2cc(C(F)(F)F)c(=O)[nH]n2)CC1)C(F)(F)F. The Hall–Kier alpha value is -3.16. The van der Waals surface area contributed by atoms with Gasteiger partial charge in [0.25, 0.3) is 5.56 Å². The van der Waals surface area contributed by atoms with Gasteiger partial charge in [0.15, 0.2) is 0 Å². The Morgan fingerprint density at radius 3 is 2.32 bits per heavy atom. The van der Waals surface area contributed by atoms with Crippen LogP contribution >= 0.6 is 0 Å². The molecule has 1 amide bonds. The Bertz CT molecular complexity index is 1120. The molecule has 0 radical (unpaired) electrons. The van der Waals surface area contributed by atoms with Crippen LogP contribution < -0.4 is 5.56 Å². The Kier molecular flexibility index (Phi) is 10.7. The number of halogens is 6. The Balaban J connectivity index is 1.93. The zero-order valence-electron chi connectivity index (χ0n) is 21.5. The Labute approximate surface area is 216 Å². The number of aromatic nitrogens is 2. The summed E-state index contributed by atoms with van der Waals surface area (Å²) in [5.74, 6) is 0.198. The zero-order chi connectivity index (χ0) is 28.7. The molecule has 0 aromatic carbocycles. The smallest absolute Gasteiger partial charge is 0.372 e. The highest BCUT2D eigenvalue weighted by molar-refractivity contribution is 5.81. The number of nitrogens with zero attached hydrogens (tertiary/aromatic N) is 4. The van der Waals surface area contributed by atoms with Crippen LogP contribution in [0.3, 0.4) is 0 Å². The highest BCUT2D eigenvalue weighted by atomic mass is 19.4. The number of hydrogen-bond acceptors (Lipinski definition) is 6. The number of amides is 1. The van der Waals surface area contributed by atoms with Crippen molar-refractivity contribution in [1.29, 1.82) is 0 Å². The van der Waals surface area contributed by atoms with Crippen LogP contribution in [0.25, 0.3) is 0 Å². The van der Waals surface area contributed by atoms with E-state index in [4.69, 9.17) is 4.74 Å². The maximum absolute atomic E-state index is 13.1. The fraction of sp³-hybridized carbons (Fsp3) is 0.583. The highest BCUT2D eigenvalue weighted by Gasteiger charge is 2.35. The van der Waals surface area contributed by atoms with Gasteiger partial charge in [0, 0.05) is 32.4 Å². The first-order valence-corrected chi connectivity index (χ1v) is 12.0. The van der Waals surface area contributed by atoms with Gasteiger partial charge in [-0.05, 0) is 38.8 Å². The fourth-order valence-electron chi connectivity index (χ4n) is 3.64. The van der Waals surface area contributed by atoms with E-state index in [1.54, 1.807) is 16.9 Å². The largest absolute Gasteiger partial charge is 0.421 e. The molecule has 8 nitrogen and oxygen atoms in total. The van der Waals surface area contributed by atoms with E-state index in [-0.39, 0.29) is 24.6 Å². The van der Waals surface area contributed by atoms with Gasteiger partial charge in [-0.3, -0.25) is 9.59 Å². The number of piperazine rings is 1. The first-order valence-electron chi connectivity index (χ1n) is 12.0. The summed E-state index contributed by atoms with van der Waals surface area (Å²) in [5, 5.41) is 5.39. The molecule has 0 saturated carbocycles. The second-order valence-electron chi connectivity index (χ2n) is 8.62. The van der Waals surface area contributed by atoms with Gasteiger partial charge in [0.05, 0.1) is 30.4 Å². The maximum atomic E-state index is 13.1. The van der Waals surface area contributed by atoms with Crippen LogP contribution in [0.15, 0.2) is 38.9 Å². The van der Waals surface area contributed by atoms with Crippen molar-refractivity contribution in [1.82, 2.24) is 20.0 Å². The number of allylic oxidation sites excluding steroid dienone is 3. The van der Waals surface area contributed by atoms with E-state index in [9.17, 15) is 35.9 Å². The van der Waals surface area contributed by atoms with Gasteiger partial charge in [0.2, 0.25) is 5.91 Å². The van der Waals surface area contributed by atoms with E-state index in [1.165, 1.54) is 13.8 Å². The highest BCUT2D eigenvalue weighted by Crippen LogP contribution is 2.28. The molecular formula is C24H31F6N5O3.